The Bertz CT molecular complexity index is 291. The van der Waals surface area contributed by atoms with E-state index in [0.29, 0.717) is 24.4 Å². The van der Waals surface area contributed by atoms with Crippen LogP contribution in [0.25, 0.3) is 0 Å². The molecule has 0 bridgehead atoms. The molecule has 0 fully saturated rings. The van der Waals surface area contributed by atoms with E-state index in [0.717, 1.165) is 0 Å². The topological polar surface area (TPSA) is 41.5 Å². The van der Waals surface area contributed by atoms with E-state index in [1.54, 1.807) is 19.2 Å². The van der Waals surface area contributed by atoms with Gasteiger partial charge >= 0.3 is 0 Å². The summed E-state index contributed by atoms with van der Waals surface area (Å²) in [5, 5.41) is 11.6. The molecule has 78 valence electrons. The average Bonchev–Trinajstić information content (AvgIpc) is 2.20. The minimum Gasteiger partial charge on any atom is -0.392 e. The van der Waals surface area contributed by atoms with E-state index in [9.17, 15) is 4.39 Å². The maximum atomic E-state index is 13.2. The molecule has 0 unspecified atom stereocenters. The zero-order chi connectivity index (χ0) is 10.4. The van der Waals surface area contributed by atoms with Gasteiger partial charge in [0, 0.05) is 13.7 Å². The van der Waals surface area contributed by atoms with Crippen LogP contribution in [0.3, 0.4) is 0 Å². The first kappa shape index (κ1) is 10.9. The smallest absolute Gasteiger partial charge is 0.146 e. The molecule has 14 heavy (non-hydrogen) atoms. The molecule has 0 saturated heterocycles. The van der Waals surface area contributed by atoms with Gasteiger partial charge < -0.3 is 15.2 Å². The molecule has 1 rings (SSSR count). The fourth-order valence-electron chi connectivity index (χ4n) is 1.09. The van der Waals surface area contributed by atoms with E-state index in [4.69, 9.17) is 9.84 Å². The van der Waals surface area contributed by atoms with Gasteiger partial charge in [0.25, 0.3) is 0 Å². The van der Waals surface area contributed by atoms with Gasteiger partial charge in [-0.05, 0) is 17.7 Å². The van der Waals surface area contributed by atoms with Gasteiger partial charge in [-0.25, -0.2) is 4.39 Å². The van der Waals surface area contributed by atoms with Crippen LogP contribution in [0.2, 0.25) is 0 Å². The molecule has 0 radical (unpaired) electrons. The molecule has 3 nitrogen and oxygen atoms in total. The molecule has 1 aromatic carbocycles. The second-order valence-corrected chi connectivity index (χ2v) is 2.89. The van der Waals surface area contributed by atoms with E-state index in [2.05, 4.69) is 5.32 Å². The highest BCUT2D eigenvalue weighted by Crippen LogP contribution is 2.15. The summed E-state index contributed by atoms with van der Waals surface area (Å²) in [5.41, 5.74) is 0.999. The van der Waals surface area contributed by atoms with E-state index in [1.165, 1.54) is 6.07 Å². The Hall–Kier alpha value is -1.13. The highest BCUT2D eigenvalue weighted by molar-refractivity contribution is 5.46. The normalized spacial score (nSPS) is 10.2. The minimum atomic E-state index is -0.354. The number of benzene rings is 1. The van der Waals surface area contributed by atoms with Crippen LogP contribution in [0.15, 0.2) is 18.2 Å². The van der Waals surface area contributed by atoms with Crippen LogP contribution in [-0.4, -0.2) is 25.4 Å². The quantitative estimate of drug-likeness (QED) is 0.704. The summed E-state index contributed by atoms with van der Waals surface area (Å²) >= 11 is 0. The monoisotopic (exact) mass is 199 g/mol. The molecule has 0 amide bonds. The van der Waals surface area contributed by atoms with Crippen molar-refractivity contribution >= 4 is 5.69 Å². The molecule has 0 saturated carbocycles. The van der Waals surface area contributed by atoms with Crippen molar-refractivity contribution in [1.29, 1.82) is 0 Å². The number of halogens is 1. The van der Waals surface area contributed by atoms with Gasteiger partial charge in [0.05, 0.1) is 18.9 Å². The molecule has 4 heteroatoms. The van der Waals surface area contributed by atoms with Crippen molar-refractivity contribution < 1.29 is 14.2 Å². The van der Waals surface area contributed by atoms with Gasteiger partial charge in [0.2, 0.25) is 0 Å². The van der Waals surface area contributed by atoms with Crippen LogP contribution in [0.4, 0.5) is 10.1 Å². The predicted molar refractivity (Wildman–Crippen MR) is 52.7 cm³/mol. The summed E-state index contributed by atoms with van der Waals surface area (Å²) in [4.78, 5) is 0. The first-order valence-electron chi connectivity index (χ1n) is 4.40. The third kappa shape index (κ3) is 2.97. The molecule has 0 aliphatic carbocycles. The van der Waals surface area contributed by atoms with Gasteiger partial charge in [0.15, 0.2) is 0 Å². The lowest BCUT2D eigenvalue weighted by Gasteiger charge is -2.07. The number of nitrogens with one attached hydrogen (secondary N) is 1. The number of rotatable bonds is 5. The number of methoxy groups -OCH3 is 1. The van der Waals surface area contributed by atoms with Gasteiger partial charge in [-0.2, -0.15) is 0 Å². The maximum Gasteiger partial charge on any atom is 0.146 e. The second-order valence-electron chi connectivity index (χ2n) is 2.89. The molecule has 1 aromatic rings. The van der Waals surface area contributed by atoms with Crippen LogP contribution in [0, 0.1) is 5.82 Å². The summed E-state index contributed by atoms with van der Waals surface area (Å²) in [6, 6.07) is 4.60. The Labute approximate surface area is 82.5 Å². The van der Waals surface area contributed by atoms with Crippen molar-refractivity contribution in [3.05, 3.63) is 29.6 Å². The first-order chi connectivity index (χ1) is 6.77. The molecule has 2 N–H and O–H groups in total. The van der Waals surface area contributed by atoms with E-state index < -0.39 is 0 Å². The first-order valence-corrected chi connectivity index (χ1v) is 4.40. The highest BCUT2D eigenvalue weighted by atomic mass is 19.1. The van der Waals surface area contributed by atoms with Crippen LogP contribution >= 0.6 is 0 Å². The molecular weight excluding hydrogens is 185 g/mol. The standard InChI is InChI=1S/C10H14FNO2/c1-14-5-4-12-10-3-2-8(7-13)6-9(10)11/h2-3,6,12-13H,4-5,7H2,1H3. The molecule has 0 atom stereocenters. The third-order valence-corrected chi connectivity index (χ3v) is 1.84. The summed E-state index contributed by atoms with van der Waals surface area (Å²) < 4.78 is 18.1. The molecular formula is C10H14FNO2. The lowest BCUT2D eigenvalue weighted by Crippen LogP contribution is -2.08. The fraction of sp³-hybridized carbons (Fsp3) is 0.400. The van der Waals surface area contributed by atoms with E-state index in [1.807, 2.05) is 0 Å². The van der Waals surface area contributed by atoms with Gasteiger partial charge in [0.1, 0.15) is 5.82 Å². The van der Waals surface area contributed by atoms with Crippen molar-refractivity contribution in [2.24, 2.45) is 0 Å². The molecule has 0 aliphatic rings. The van der Waals surface area contributed by atoms with Crippen molar-refractivity contribution in [2.45, 2.75) is 6.61 Å². The number of anilines is 1. The Morgan fingerprint density at radius 3 is 2.86 bits per heavy atom. The lowest BCUT2D eigenvalue weighted by atomic mass is 10.2. The Morgan fingerprint density at radius 1 is 1.50 bits per heavy atom. The molecule has 0 heterocycles. The van der Waals surface area contributed by atoms with Crippen molar-refractivity contribution in [3.8, 4) is 0 Å². The lowest BCUT2D eigenvalue weighted by molar-refractivity contribution is 0.210. The van der Waals surface area contributed by atoms with Crippen LogP contribution in [-0.2, 0) is 11.3 Å². The predicted octanol–water partition coefficient (Wildman–Crippen LogP) is 1.38. The Morgan fingerprint density at radius 2 is 2.29 bits per heavy atom. The largest absolute Gasteiger partial charge is 0.392 e. The van der Waals surface area contributed by atoms with Crippen LogP contribution < -0.4 is 5.32 Å². The van der Waals surface area contributed by atoms with Gasteiger partial charge in [-0.1, -0.05) is 6.07 Å². The fourth-order valence-corrected chi connectivity index (χ4v) is 1.09. The molecule has 0 spiro atoms. The summed E-state index contributed by atoms with van der Waals surface area (Å²) in [7, 11) is 1.59. The molecule has 0 aliphatic heterocycles. The Kier molecular flexibility index (Phi) is 4.35. The maximum absolute atomic E-state index is 13.2. The zero-order valence-corrected chi connectivity index (χ0v) is 8.09. The van der Waals surface area contributed by atoms with E-state index in [-0.39, 0.29) is 12.4 Å². The highest BCUT2D eigenvalue weighted by Gasteiger charge is 2.01. The Balaban J connectivity index is 2.59. The number of aliphatic hydroxyl groups is 1. The third-order valence-electron chi connectivity index (χ3n) is 1.84. The summed E-state index contributed by atoms with van der Waals surface area (Å²) in [5.74, 6) is -0.354. The minimum absolute atomic E-state index is 0.144. The summed E-state index contributed by atoms with van der Waals surface area (Å²) in [6.07, 6.45) is 0. The van der Waals surface area contributed by atoms with Crippen molar-refractivity contribution in [3.63, 3.8) is 0 Å². The molecule has 0 aromatic heterocycles. The SMILES string of the molecule is COCCNc1ccc(CO)cc1F. The van der Waals surface area contributed by atoms with Gasteiger partial charge in [-0.3, -0.25) is 0 Å². The van der Waals surface area contributed by atoms with Crippen molar-refractivity contribution in [2.75, 3.05) is 25.6 Å². The second kappa shape index (κ2) is 5.57. The number of hydrogen-bond acceptors (Lipinski definition) is 3. The number of ether oxygens (including phenoxy) is 1. The number of aliphatic hydroxyl groups excluding tert-OH is 1. The summed E-state index contributed by atoms with van der Waals surface area (Å²) in [6.45, 7) is 0.947. The van der Waals surface area contributed by atoms with Gasteiger partial charge in [-0.15, -0.1) is 0 Å². The van der Waals surface area contributed by atoms with Crippen LogP contribution in [0.1, 0.15) is 5.56 Å². The number of hydrogen-bond donors (Lipinski definition) is 2. The van der Waals surface area contributed by atoms with Crippen LogP contribution in [0.5, 0.6) is 0 Å². The van der Waals surface area contributed by atoms with E-state index >= 15 is 0 Å². The zero-order valence-electron chi connectivity index (χ0n) is 8.09. The van der Waals surface area contributed by atoms with Crippen molar-refractivity contribution in [1.82, 2.24) is 0 Å². The average molecular weight is 199 g/mol.